The Bertz CT molecular complexity index is 1210. The minimum atomic E-state index is -4.87. The van der Waals surface area contributed by atoms with Gasteiger partial charge >= 0.3 is 18.2 Å². The maximum atomic E-state index is 14.4. The van der Waals surface area contributed by atoms with Gasteiger partial charge in [-0.2, -0.15) is 13.2 Å². The maximum absolute atomic E-state index is 14.4. The molecule has 8 nitrogen and oxygen atoms in total. The molecule has 0 fully saturated rings. The van der Waals surface area contributed by atoms with E-state index in [0.717, 1.165) is 10.9 Å². The quantitative estimate of drug-likeness (QED) is 0.590. The molecule has 12 heteroatoms. The van der Waals surface area contributed by atoms with Crippen molar-refractivity contribution in [1.29, 1.82) is 0 Å². The van der Waals surface area contributed by atoms with Crippen LogP contribution in [0.3, 0.4) is 0 Å². The van der Waals surface area contributed by atoms with Crippen molar-refractivity contribution in [3.63, 3.8) is 0 Å². The molecule has 0 spiro atoms. The average Bonchev–Trinajstić information content (AvgIpc) is 3.11. The second-order valence-corrected chi connectivity index (χ2v) is 6.97. The Balaban J connectivity index is 1.55. The molecule has 32 heavy (non-hydrogen) atoms. The number of rotatable bonds is 3. The molecule has 2 amide bonds. The first-order chi connectivity index (χ1) is 15.1. The molecule has 1 aliphatic heterocycles. The molecule has 2 aromatic carbocycles. The highest BCUT2D eigenvalue weighted by Gasteiger charge is 2.38. The molecule has 168 valence electrons. The van der Waals surface area contributed by atoms with Gasteiger partial charge in [-0.3, -0.25) is 0 Å². The molecule has 0 radical (unpaired) electrons. The summed E-state index contributed by atoms with van der Waals surface area (Å²) in [5, 5.41) is 9.67. The number of carbonyl (C=O) groups is 2. The summed E-state index contributed by atoms with van der Waals surface area (Å²) in [6.07, 6.45) is -3.24. The molecule has 1 unspecified atom stereocenters. The molecule has 1 aromatic heterocycles. The lowest BCUT2D eigenvalue weighted by Crippen LogP contribution is -2.35. The van der Waals surface area contributed by atoms with Crippen molar-refractivity contribution >= 4 is 28.6 Å². The molecule has 2 N–H and O–H groups in total. The van der Waals surface area contributed by atoms with E-state index in [1.165, 1.54) is 13.1 Å². The normalized spacial score (nSPS) is 15.6. The highest BCUT2D eigenvalue weighted by atomic mass is 19.4. The smallest absolute Gasteiger partial charge is 0.419 e. The van der Waals surface area contributed by atoms with Crippen LogP contribution in [0.4, 0.5) is 28.0 Å². The van der Waals surface area contributed by atoms with Crippen LogP contribution in [-0.2, 0) is 11.0 Å². The Morgan fingerprint density at radius 3 is 2.75 bits per heavy atom. The molecule has 0 saturated carbocycles. The van der Waals surface area contributed by atoms with Crippen LogP contribution in [0.1, 0.15) is 30.5 Å². The van der Waals surface area contributed by atoms with Crippen LogP contribution in [0, 0.1) is 5.82 Å². The minimum absolute atomic E-state index is 0.0685. The lowest BCUT2D eigenvalue weighted by molar-refractivity contribution is -0.142. The van der Waals surface area contributed by atoms with Crippen molar-refractivity contribution in [3.05, 3.63) is 53.5 Å². The van der Waals surface area contributed by atoms with Gasteiger partial charge in [0.05, 0.1) is 30.1 Å². The van der Waals surface area contributed by atoms with Crippen molar-refractivity contribution in [2.24, 2.45) is 0 Å². The van der Waals surface area contributed by atoms with Gasteiger partial charge in [0, 0.05) is 24.3 Å². The standard InChI is InChI=1S/C20H16F4N4O4/c1-10(29)32-28-16-4-2-3-14(12(16)9-25-28)26-19(30)27-15-7-8-31-18-11(15)5-6-13(17(18)21)20(22,23)24/h2-6,9,15H,7-8H2,1H3,(H2,26,27,30). The van der Waals surface area contributed by atoms with E-state index < -0.39 is 41.3 Å². The van der Waals surface area contributed by atoms with E-state index in [1.54, 1.807) is 18.2 Å². The third kappa shape index (κ3) is 4.03. The van der Waals surface area contributed by atoms with Crippen LogP contribution in [-0.4, -0.2) is 28.6 Å². The lowest BCUT2D eigenvalue weighted by Gasteiger charge is -2.28. The van der Waals surface area contributed by atoms with Gasteiger partial charge in [0.15, 0.2) is 11.6 Å². The van der Waals surface area contributed by atoms with Crippen molar-refractivity contribution < 1.29 is 36.7 Å². The number of urea groups is 1. The highest BCUT2D eigenvalue weighted by molar-refractivity contribution is 6.00. The minimum Gasteiger partial charge on any atom is -0.490 e. The first kappa shape index (κ1) is 21.4. The summed E-state index contributed by atoms with van der Waals surface area (Å²) in [5.41, 5.74) is -0.545. The van der Waals surface area contributed by atoms with E-state index in [0.29, 0.717) is 22.7 Å². The van der Waals surface area contributed by atoms with E-state index in [1.807, 2.05) is 0 Å². The number of benzene rings is 2. The van der Waals surface area contributed by atoms with E-state index in [4.69, 9.17) is 9.57 Å². The van der Waals surface area contributed by atoms with Crippen LogP contribution in [0.2, 0.25) is 0 Å². The van der Waals surface area contributed by atoms with Gasteiger partial charge in [-0.25, -0.2) is 14.0 Å². The number of carbonyl (C=O) groups excluding carboxylic acids is 2. The van der Waals surface area contributed by atoms with Crippen molar-refractivity contribution in [2.75, 3.05) is 11.9 Å². The van der Waals surface area contributed by atoms with Gasteiger partial charge in [0.25, 0.3) is 0 Å². The summed E-state index contributed by atoms with van der Waals surface area (Å²) in [7, 11) is 0. The van der Waals surface area contributed by atoms with Gasteiger partial charge < -0.3 is 20.2 Å². The molecule has 1 atom stereocenters. The number of nitrogens with one attached hydrogen (secondary N) is 2. The SMILES string of the molecule is CC(=O)On1ncc2c(NC(=O)NC3CCOc4c3ccc(C(F)(F)F)c4F)cccc21. The fourth-order valence-electron chi connectivity index (χ4n) is 3.44. The zero-order valence-electron chi connectivity index (χ0n) is 16.5. The Labute approximate surface area is 178 Å². The summed E-state index contributed by atoms with van der Waals surface area (Å²) in [6.45, 7) is 1.15. The second-order valence-electron chi connectivity index (χ2n) is 6.97. The molecular weight excluding hydrogens is 436 g/mol. The predicted molar refractivity (Wildman–Crippen MR) is 103 cm³/mol. The number of amides is 2. The van der Waals surface area contributed by atoms with Crippen molar-refractivity contribution in [2.45, 2.75) is 25.6 Å². The number of alkyl halides is 3. The second kappa shape index (κ2) is 8.02. The molecule has 3 aromatic rings. The van der Waals surface area contributed by atoms with Gasteiger partial charge in [-0.05, 0) is 18.2 Å². The summed E-state index contributed by atoms with van der Waals surface area (Å²) in [6, 6.07) is 5.11. The summed E-state index contributed by atoms with van der Waals surface area (Å²) < 4.78 is 58.3. The van der Waals surface area contributed by atoms with Crippen LogP contribution < -0.4 is 20.2 Å². The van der Waals surface area contributed by atoms with Crippen molar-refractivity contribution in [3.8, 4) is 5.75 Å². The molecular formula is C20H16F4N4O4. The number of halogens is 4. The Kier molecular flexibility index (Phi) is 5.36. The summed E-state index contributed by atoms with van der Waals surface area (Å²) >= 11 is 0. The predicted octanol–water partition coefficient (Wildman–Crippen LogP) is 3.81. The van der Waals surface area contributed by atoms with Crippen LogP contribution in [0.5, 0.6) is 5.75 Å². The topological polar surface area (TPSA) is 94.5 Å². The number of hydrogen-bond acceptors (Lipinski definition) is 5. The zero-order valence-corrected chi connectivity index (χ0v) is 16.5. The fourth-order valence-corrected chi connectivity index (χ4v) is 3.44. The number of aromatic nitrogens is 2. The summed E-state index contributed by atoms with van der Waals surface area (Å²) in [4.78, 5) is 29.7. The average molecular weight is 452 g/mol. The fraction of sp³-hybridized carbons (Fsp3) is 0.250. The first-order valence-electron chi connectivity index (χ1n) is 9.40. The third-order valence-electron chi connectivity index (χ3n) is 4.81. The number of anilines is 1. The van der Waals surface area contributed by atoms with Gasteiger partial charge in [-0.15, -0.1) is 5.10 Å². The Morgan fingerprint density at radius 2 is 2.03 bits per heavy atom. The van der Waals surface area contributed by atoms with Gasteiger partial charge in [0.1, 0.15) is 5.52 Å². The molecule has 1 aliphatic rings. The summed E-state index contributed by atoms with van der Waals surface area (Å²) in [5.74, 6) is -2.61. The molecule has 0 bridgehead atoms. The number of ether oxygens (including phenoxy) is 1. The van der Waals surface area contributed by atoms with E-state index in [-0.39, 0.29) is 18.6 Å². The molecule has 2 heterocycles. The lowest BCUT2D eigenvalue weighted by atomic mass is 9.98. The van der Waals surface area contributed by atoms with Gasteiger partial charge in [0.2, 0.25) is 0 Å². The van der Waals surface area contributed by atoms with E-state index in [9.17, 15) is 27.2 Å². The van der Waals surface area contributed by atoms with Crippen LogP contribution in [0.25, 0.3) is 10.9 Å². The number of fused-ring (bicyclic) bond motifs is 2. The number of hydrogen-bond donors (Lipinski definition) is 2. The maximum Gasteiger partial charge on any atom is 0.419 e. The van der Waals surface area contributed by atoms with E-state index >= 15 is 0 Å². The zero-order chi connectivity index (χ0) is 23.0. The number of nitrogens with zero attached hydrogens (tertiary/aromatic N) is 2. The largest absolute Gasteiger partial charge is 0.490 e. The first-order valence-corrected chi connectivity index (χ1v) is 9.40. The molecule has 0 saturated heterocycles. The highest BCUT2D eigenvalue weighted by Crippen LogP contribution is 2.41. The van der Waals surface area contributed by atoms with Crippen molar-refractivity contribution in [1.82, 2.24) is 15.3 Å². The monoisotopic (exact) mass is 452 g/mol. The van der Waals surface area contributed by atoms with E-state index in [2.05, 4.69) is 15.7 Å². The third-order valence-corrected chi connectivity index (χ3v) is 4.81. The van der Waals surface area contributed by atoms with Crippen LogP contribution in [0.15, 0.2) is 36.5 Å². The molecule has 0 aliphatic carbocycles. The van der Waals surface area contributed by atoms with Gasteiger partial charge in [-0.1, -0.05) is 17.0 Å². The van der Waals surface area contributed by atoms with Crippen LogP contribution >= 0.6 is 0 Å². The Hall–Kier alpha value is -3.83. The Morgan fingerprint density at radius 1 is 1.25 bits per heavy atom. The molecule has 4 rings (SSSR count).